The maximum atomic E-state index is 12.0. The number of aliphatic hydroxyl groups is 1. The lowest BCUT2D eigenvalue weighted by molar-refractivity contribution is -0.132. The summed E-state index contributed by atoms with van der Waals surface area (Å²) in [5.74, 6) is 0.765. The van der Waals surface area contributed by atoms with Crippen LogP contribution in [0.2, 0.25) is 0 Å². The lowest BCUT2D eigenvalue weighted by Crippen LogP contribution is -2.42. The Morgan fingerprint density at radius 3 is 2.59 bits per heavy atom. The minimum atomic E-state index is -0.249. The highest BCUT2D eigenvalue weighted by Crippen LogP contribution is 2.12. The van der Waals surface area contributed by atoms with Crippen molar-refractivity contribution in [3.63, 3.8) is 0 Å². The molecule has 100 valence electrons. The number of amides is 1. The van der Waals surface area contributed by atoms with Crippen molar-refractivity contribution in [3.8, 4) is 0 Å². The van der Waals surface area contributed by atoms with Crippen LogP contribution < -0.4 is 0 Å². The van der Waals surface area contributed by atoms with Crippen molar-refractivity contribution in [1.82, 2.24) is 9.80 Å². The summed E-state index contributed by atoms with van der Waals surface area (Å²) in [7, 11) is 1.88. The fourth-order valence-corrected chi connectivity index (χ4v) is 2.34. The van der Waals surface area contributed by atoms with E-state index in [4.69, 9.17) is 0 Å². The number of aliphatic hydroxyl groups excluding tert-OH is 1. The Morgan fingerprint density at radius 1 is 1.47 bits per heavy atom. The Balaban J connectivity index is 2.36. The maximum Gasteiger partial charge on any atom is 0.236 e. The average molecular weight is 242 g/mol. The van der Waals surface area contributed by atoms with Crippen molar-refractivity contribution in [2.24, 2.45) is 5.92 Å². The Morgan fingerprint density at radius 2 is 2.12 bits per heavy atom. The van der Waals surface area contributed by atoms with E-state index in [-0.39, 0.29) is 18.1 Å². The number of nitrogens with zero attached hydrogens (tertiary/aromatic N) is 2. The predicted molar refractivity (Wildman–Crippen MR) is 68.8 cm³/mol. The van der Waals surface area contributed by atoms with Crippen LogP contribution in [0, 0.1) is 5.92 Å². The van der Waals surface area contributed by atoms with Gasteiger partial charge in [0.1, 0.15) is 0 Å². The molecule has 0 aromatic rings. The molecule has 1 unspecified atom stereocenters. The summed E-state index contributed by atoms with van der Waals surface area (Å²) in [5, 5.41) is 9.41. The largest absolute Gasteiger partial charge is 0.392 e. The van der Waals surface area contributed by atoms with Gasteiger partial charge in [-0.3, -0.25) is 9.69 Å². The van der Waals surface area contributed by atoms with Crippen LogP contribution in [0.15, 0.2) is 0 Å². The summed E-state index contributed by atoms with van der Waals surface area (Å²) in [6.07, 6.45) is 1.57. The summed E-state index contributed by atoms with van der Waals surface area (Å²) in [6, 6.07) is 0.287. The fraction of sp³-hybridized carbons (Fsp3) is 0.923. The van der Waals surface area contributed by atoms with Crippen LogP contribution >= 0.6 is 0 Å². The summed E-state index contributed by atoms with van der Waals surface area (Å²) >= 11 is 0. The zero-order valence-corrected chi connectivity index (χ0v) is 11.5. The summed E-state index contributed by atoms with van der Waals surface area (Å²) in [5.41, 5.74) is 0. The van der Waals surface area contributed by atoms with Crippen molar-refractivity contribution in [1.29, 1.82) is 0 Å². The lowest BCUT2D eigenvalue weighted by atomic mass is 10.0. The Hall–Kier alpha value is -0.610. The van der Waals surface area contributed by atoms with E-state index in [1.54, 1.807) is 0 Å². The molecule has 0 aromatic carbocycles. The van der Waals surface area contributed by atoms with Crippen LogP contribution in [-0.4, -0.2) is 59.6 Å². The maximum absolute atomic E-state index is 12.0. The molecule has 0 saturated carbocycles. The molecule has 1 N–H and O–H groups in total. The smallest absolute Gasteiger partial charge is 0.236 e. The third-order valence-corrected chi connectivity index (χ3v) is 3.47. The van der Waals surface area contributed by atoms with Gasteiger partial charge in [0.25, 0.3) is 0 Å². The van der Waals surface area contributed by atoms with E-state index in [2.05, 4.69) is 20.8 Å². The van der Waals surface area contributed by atoms with Crippen molar-refractivity contribution >= 4 is 5.91 Å². The van der Waals surface area contributed by atoms with Crippen molar-refractivity contribution in [2.45, 2.75) is 45.8 Å². The normalized spacial score (nSPS) is 23.1. The number of carbonyl (C=O) groups excluding carboxylic acids is 1. The molecule has 0 radical (unpaired) electrons. The van der Waals surface area contributed by atoms with Gasteiger partial charge in [-0.25, -0.2) is 0 Å². The summed E-state index contributed by atoms with van der Waals surface area (Å²) in [6.45, 7) is 8.35. The van der Waals surface area contributed by atoms with Crippen LogP contribution in [0.3, 0.4) is 0 Å². The predicted octanol–water partition coefficient (Wildman–Crippen LogP) is 0.946. The molecular formula is C13H26N2O2. The second-order valence-corrected chi connectivity index (χ2v) is 5.66. The van der Waals surface area contributed by atoms with Gasteiger partial charge in [-0.05, 0) is 25.7 Å². The van der Waals surface area contributed by atoms with E-state index in [1.807, 2.05) is 16.8 Å². The van der Waals surface area contributed by atoms with E-state index in [0.717, 1.165) is 19.4 Å². The minimum absolute atomic E-state index is 0.159. The topological polar surface area (TPSA) is 43.8 Å². The monoisotopic (exact) mass is 242 g/mol. The van der Waals surface area contributed by atoms with Gasteiger partial charge in [0.05, 0.1) is 12.6 Å². The van der Waals surface area contributed by atoms with Gasteiger partial charge >= 0.3 is 0 Å². The minimum Gasteiger partial charge on any atom is -0.392 e. The third-order valence-electron chi connectivity index (χ3n) is 3.47. The van der Waals surface area contributed by atoms with Crippen LogP contribution in [0.25, 0.3) is 0 Å². The van der Waals surface area contributed by atoms with E-state index in [9.17, 15) is 9.90 Å². The van der Waals surface area contributed by atoms with Gasteiger partial charge in [-0.2, -0.15) is 0 Å². The number of hydrogen-bond acceptors (Lipinski definition) is 3. The van der Waals surface area contributed by atoms with E-state index < -0.39 is 0 Å². The molecule has 0 spiro atoms. The molecule has 0 aromatic heterocycles. The average Bonchev–Trinajstić information content (AvgIpc) is 2.61. The van der Waals surface area contributed by atoms with Crippen LogP contribution in [-0.2, 0) is 4.79 Å². The Bertz CT molecular complexity index is 256. The molecule has 17 heavy (non-hydrogen) atoms. The van der Waals surface area contributed by atoms with Crippen LogP contribution in [0.1, 0.15) is 33.6 Å². The number of rotatable bonds is 5. The molecule has 4 nitrogen and oxygen atoms in total. The van der Waals surface area contributed by atoms with E-state index in [0.29, 0.717) is 19.0 Å². The summed E-state index contributed by atoms with van der Waals surface area (Å²) < 4.78 is 0. The molecule has 0 bridgehead atoms. The van der Waals surface area contributed by atoms with Gasteiger partial charge in [-0.1, -0.05) is 13.8 Å². The second-order valence-electron chi connectivity index (χ2n) is 5.66. The number of likely N-dealkylation sites (tertiary alicyclic amines) is 1. The first-order valence-corrected chi connectivity index (χ1v) is 6.56. The van der Waals surface area contributed by atoms with Crippen molar-refractivity contribution in [3.05, 3.63) is 0 Å². The molecule has 0 aliphatic carbocycles. The molecule has 1 fully saturated rings. The van der Waals surface area contributed by atoms with Crippen LogP contribution in [0.4, 0.5) is 0 Å². The Labute approximate surface area is 105 Å². The van der Waals surface area contributed by atoms with Gasteiger partial charge in [0, 0.05) is 26.2 Å². The second kappa shape index (κ2) is 6.36. The molecule has 2 atom stereocenters. The first-order valence-electron chi connectivity index (χ1n) is 6.56. The molecule has 1 aliphatic heterocycles. The SMILES string of the molecule is CC(C)CC(C)N(C)C(=O)CN1CC[C@H](O)C1. The fourth-order valence-electron chi connectivity index (χ4n) is 2.34. The molecule has 1 heterocycles. The first-order chi connectivity index (χ1) is 7.90. The van der Waals surface area contributed by atoms with Gasteiger partial charge in [0.2, 0.25) is 5.91 Å². The molecule has 1 amide bonds. The molecule has 4 heteroatoms. The third kappa shape index (κ3) is 4.64. The van der Waals surface area contributed by atoms with Gasteiger partial charge in [-0.15, -0.1) is 0 Å². The first kappa shape index (κ1) is 14.5. The zero-order chi connectivity index (χ0) is 13.0. The highest BCUT2D eigenvalue weighted by Gasteiger charge is 2.24. The van der Waals surface area contributed by atoms with Crippen LogP contribution in [0.5, 0.6) is 0 Å². The van der Waals surface area contributed by atoms with Crippen molar-refractivity contribution < 1.29 is 9.90 Å². The molecular weight excluding hydrogens is 216 g/mol. The highest BCUT2D eigenvalue weighted by atomic mass is 16.3. The molecule has 1 saturated heterocycles. The van der Waals surface area contributed by atoms with Gasteiger partial charge in [0.15, 0.2) is 0 Å². The van der Waals surface area contributed by atoms with Gasteiger partial charge < -0.3 is 10.0 Å². The number of carbonyl (C=O) groups is 1. The quantitative estimate of drug-likeness (QED) is 0.780. The van der Waals surface area contributed by atoms with Crippen molar-refractivity contribution in [2.75, 3.05) is 26.7 Å². The number of likely N-dealkylation sites (N-methyl/N-ethyl adjacent to an activating group) is 1. The van der Waals surface area contributed by atoms with E-state index in [1.165, 1.54) is 0 Å². The number of hydrogen-bond donors (Lipinski definition) is 1. The molecule has 1 rings (SSSR count). The standard InChI is InChI=1S/C13H26N2O2/c1-10(2)7-11(3)14(4)13(17)9-15-6-5-12(16)8-15/h10-12,16H,5-9H2,1-4H3/t11?,12-/m0/s1. The van der Waals surface area contributed by atoms with E-state index >= 15 is 0 Å². The number of β-amino-alcohol motifs (C(OH)–C–C–N with tert-alkyl or cyclic N) is 1. The zero-order valence-electron chi connectivity index (χ0n) is 11.5. The lowest BCUT2D eigenvalue weighted by Gasteiger charge is -2.28. The summed E-state index contributed by atoms with van der Waals surface area (Å²) in [4.78, 5) is 15.9. The molecule has 1 aliphatic rings. The highest BCUT2D eigenvalue weighted by molar-refractivity contribution is 5.78. The Kier molecular flexibility index (Phi) is 5.40.